The third-order valence-corrected chi connectivity index (χ3v) is 4.30. The Hall–Kier alpha value is -4.25. The summed E-state index contributed by atoms with van der Waals surface area (Å²) in [5, 5.41) is 25.1. The van der Waals surface area contributed by atoms with Crippen molar-refractivity contribution in [2.75, 3.05) is 12.4 Å². The quantitative estimate of drug-likeness (QED) is 0.296. The van der Waals surface area contributed by atoms with Gasteiger partial charge in [0.2, 0.25) is 0 Å². The zero-order valence-corrected chi connectivity index (χ0v) is 16.8. The van der Waals surface area contributed by atoms with E-state index in [0.717, 1.165) is 0 Å². The van der Waals surface area contributed by atoms with E-state index in [1.165, 1.54) is 55.6 Å². The van der Waals surface area contributed by atoms with E-state index < -0.39 is 16.8 Å². The second-order valence-electron chi connectivity index (χ2n) is 6.10. The number of hydrogen-bond donors (Lipinski definition) is 3. The monoisotopic (exact) mass is 441 g/mol. The predicted octanol–water partition coefficient (Wildman–Crippen LogP) is 3.69. The molecular formula is C20H15N3O7S. The number of nitro groups is 1. The number of nitrogens with zero attached hydrogens (tertiary/aromatic N) is 1. The van der Waals surface area contributed by atoms with E-state index in [2.05, 4.69) is 10.6 Å². The zero-order valence-electron chi connectivity index (χ0n) is 15.9. The van der Waals surface area contributed by atoms with Crippen molar-refractivity contribution in [2.24, 2.45) is 0 Å². The lowest BCUT2D eigenvalue weighted by atomic mass is 10.1. The van der Waals surface area contributed by atoms with Gasteiger partial charge in [-0.3, -0.25) is 20.2 Å². The van der Waals surface area contributed by atoms with Gasteiger partial charge in [-0.1, -0.05) is 12.1 Å². The fourth-order valence-electron chi connectivity index (χ4n) is 2.64. The molecule has 31 heavy (non-hydrogen) atoms. The number of ether oxygens (including phenoxy) is 1. The second-order valence-corrected chi connectivity index (χ2v) is 6.51. The normalized spacial score (nSPS) is 10.2. The van der Waals surface area contributed by atoms with Gasteiger partial charge in [0.1, 0.15) is 11.5 Å². The van der Waals surface area contributed by atoms with Gasteiger partial charge in [0.25, 0.3) is 11.6 Å². The molecule has 3 aromatic rings. The highest BCUT2D eigenvalue weighted by Gasteiger charge is 2.17. The van der Waals surface area contributed by atoms with Crippen LogP contribution in [0.15, 0.2) is 59.0 Å². The average molecular weight is 441 g/mol. The van der Waals surface area contributed by atoms with Crippen molar-refractivity contribution >= 4 is 40.6 Å². The Labute approximate surface area is 180 Å². The van der Waals surface area contributed by atoms with Crippen molar-refractivity contribution in [3.63, 3.8) is 0 Å². The fourth-order valence-corrected chi connectivity index (χ4v) is 2.85. The SMILES string of the molecule is COc1ccc(C(=O)O)cc1NC(=S)NC(=O)c1ccc(-c2cccc([N+](=O)[O-])c2)o1. The van der Waals surface area contributed by atoms with Crippen LogP contribution in [-0.2, 0) is 0 Å². The van der Waals surface area contributed by atoms with E-state index in [1.54, 1.807) is 6.07 Å². The van der Waals surface area contributed by atoms with E-state index in [4.69, 9.17) is 26.5 Å². The van der Waals surface area contributed by atoms with Crippen molar-refractivity contribution in [1.29, 1.82) is 0 Å². The molecule has 0 radical (unpaired) electrons. The summed E-state index contributed by atoms with van der Waals surface area (Å²) in [6.45, 7) is 0. The van der Waals surface area contributed by atoms with Gasteiger partial charge in [0.05, 0.1) is 23.3 Å². The first-order chi connectivity index (χ1) is 14.8. The summed E-state index contributed by atoms with van der Waals surface area (Å²) in [4.78, 5) is 34.0. The molecule has 3 rings (SSSR count). The highest BCUT2D eigenvalue weighted by Crippen LogP contribution is 2.27. The highest BCUT2D eigenvalue weighted by atomic mass is 32.1. The van der Waals surface area contributed by atoms with Gasteiger partial charge >= 0.3 is 5.97 Å². The van der Waals surface area contributed by atoms with Gasteiger partial charge in [-0.05, 0) is 42.5 Å². The topological polar surface area (TPSA) is 144 Å². The number of rotatable bonds is 6. The van der Waals surface area contributed by atoms with Crippen LogP contribution in [0, 0.1) is 10.1 Å². The number of carbonyl (C=O) groups is 2. The first-order valence-corrected chi connectivity index (χ1v) is 9.07. The van der Waals surface area contributed by atoms with Crippen LogP contribution in [0.3, 0.4) is 0 Å². The molecule has 158 valence electrons. The number of methoxy groups -OCH3 is 1. The number of carbonyl (C=O) groups excluding carboxylic acids is 1. The molecule has 0 bridgehead atoms. The Morgan fingerprint density at radius 1 is 1.16 bits per heavy atom. The number of carboxylic acid groups (broad SMARTS) is 1. The van der Waals surface area contributed by atoms with Crippen molar-refractivity contribution in [3.05, 3.63) is 76.0 Å². The molecule has 0 saturated heterocycles. The standard InChI is InChI=1S/C20H15N3O7S/c1-29-16-6-5-12(19(25)26)10-14(16)21-20(31)22-18(24)17-8-7-15(30-17)11-3-2-4-13(9-11)23(27)28/h2-10H,1H3,(H,25,26)(H2,21,22,24,31). The van der Waals surface area contributed by atoms with Gasteiger partial charge in [0, 0.05) is 17.7 Å². The maximum Gasteiger partial charge on any atom is 0.335 e. The third-order valence-electron chi connectivity index (χ3n) is 4.09. The van der Waals surface area contributed by atoms with Gasteiger partial charge in [0.15, 0.2) is 10.9 Å². The van der Waals surface area contributed by atoms with Crippen LogP contribution in [0.1, 0.15) is 20.9 Å². The number of aromatic carboxylic acids is 1. The average Bonchev–Trinajstić information content (AvgIpc) is 3.24. The molecule has 0 atom stereocenters. The summed E-state index contributed by atoms with van der Waals surface area (Å²) in [5.41, 5.74) is 0.585. The van der Waals surface area contributed by atoms with Crippen molar-refractivity contribution in [2.45, 2.75) is 0 Å². The Balaban J connectivity index is 1.72. The summed E-state index contributed by atoms with van der Waals surface area (Å²) in [6.07, 6.45) is 0. The fraction of sp³-hybridized carbons (Fsp3) is 0.0500. The Bertz CT molecular complexity index is 1190. The van der Waals surface area contributed by atoms with E-state index in [0.29, 0.717) is 11.3 Å². The molecule has 0 fully saturated rings. The summed E-state index contributed by atoms with van der Waals surface area (Å²) < 4.78 is 10.6. The maximum atomic E-state index is 12.4. The minimum Gasteiger partial charge on any atom is -0.495 e. The third kappa shape index (κ3) is 5.03. The summed E-state index contributed by atoms with van der Waals surface area (Å²) >= 11 is 5.11. The van der Waals surface area contributed by atoms with E-state index in [1.807, 2.05) is 0 Å². The van der Waals surface area contributed by atoms with Gasteiger partial charge in [-0.15, -0.1) is 0 Å². The summed E-state index contributed by atoms with van der Waals surface area (Å²) in [5.74, 6) is -1.28. The van der Waals surface area contributed by atoms with Gasteiger partial charge in [-0.25, -0.2) is 4.79 Å². The summed E-state index contributed by atoms with van der Waals surface area (Å²) in [6, 6.07) is 12.8. The Morgan fingerprint density at radius 2 is 1.94 bits per heavy atom. The van der Waals surface area contributed by atoms with Gasteiger partial charge in [-0.2, -0.15) is 0 Å². The predicted molar refractivity (Wildman–Crippen MR) is 114 cm³/mol. The molecule has 1 heterocycles. The van der Waals surface area contributed by atoms with Crippen LogP contribution in [0.25, 0.3) is 11.3 Å². The Kier molecular flexibility index (Phi) is 6.26. The molecule has 1 aromatic heterocycles. The van der Waals surface area contributed by atoms with Crippen LogP contribution in [-0.4, -0.2) is 34.1 Å². The number of furan rings is 1. The van der Waals surface area contributed by atoms with Crippen LogP contribution in [0.2, 0.25) is 0 Å². The van der Waals surface area contributed by atoms with E-state index in [9.17, 15) is 19.7 Å². The molecule has 2 aromatic carbocycles. The second kappa shape index (κ2) is 9.05. The first kappa shape index (κ1) is 21.5. The minimum absolute atomic E-state index is 0.00468. The van der Waals surface area contributed by atoms with E-state index >= 15 is 0 Å². The maximum absolute atomic E-state index is 12.4. The summed E-state index contributed by atoms with van der Waals surface area (Å²) in [7, 11) is 1.40. The number of thiocarbonyl (C=S) groups is 1. The number of hydrogen-bond acceptors (Lipinski definition) is 7. The molecule has 0 aliphatic carbocycles. The lowest BCUT2D eigenvalue weighted by Crippen LogP contribution is -2.34. The molecule has 0 spiro atoms. The molecular weight excluding hydrogens is 426 g/mol. The van der Waals surface area contributed by atoms with Gasteiger partial charge < -0.3 is 19.6 Å². The number of nitro benzene ring substituents is 1. The zero-order chi connectivity index (χ0) is 22.5. The molecule has 0 unspecified atom stereocenters. The van der Waals surface area contributed by atoms with Crippen LogP contribution in [0.4, 0.5) is 11.4 Å². The highest BCUT2D eigenvalue weighted by molar-refractivity contribution is 7.80. The van der Waals surface area contributed by atoms with Crippen LogP contribution in [0.5, 0.6) is 5.75 Å². The number of nitrogens with one attached hydrogen (secondary N) is 2. The Morgan fingerprint density at radius 3 is 2.61 bits per heavy atom. The van der Waals surface area contributed by atoms with E-state index in [-0.39, 0.29) is 33.6 Å². The molecule has 10 nitrogen and oxygen atoms in total. The largest absolute Gasteiger partial charge is 0.495 e. The lowest BCUT2D eigenvalue weighted by molar-refractivity contribution is -0.384. The molecule has 11 heteroatoms. The number of carboxylic acids is 1. The number of anilines is 1. The molecule has 0 aliphatic heterocycles. The lowest BCUT2D eigenvalue weighted by Gasteiger charge is -2.13. The number of non-ortho nitro benzene ring substituents is 1. The number of benzene rings is 2. The van der Waals surface area contributed by atoms with Crippen LogP contribution < -0.4 is 15.4 Å². The molecule has 1 amide bonds. The molecule has 0 aliphatic rings. The molecule has 3 N–H and O–H groups in total. The smallest absolute Gasteiger partial charge is 0.335 e. The van der Waals surface area contributed by atoms with Crippen molar-refractivity contribution < 1.29 is 28.8 Å². The number of amides is 1. The minimum atomic E-state index is -1.13. The van der Waals surface area contributed by atoms with Crippen molar-refractivity contribution in [3.8, 4) is 17.1 Å². The van der Waals surface area contributed by atoms with Crippen LogP contribution >= 0.6 is 12.2 Å². The molecule has 0 saturated carbocycles. The first-order valence-electron chi connectivity index (χ1n) is 8.67. The van der Waals surface area contributed by atoms with Crippen molar-refractivity contribution in [1.82, 2.24) is 5.32 Å².